The number of nitrogens with one attached hydrogen (secondary N) is 2. The lowest BCUT2D eigenvalue weighted by Gasteiger charge is -2.08. The van der Waals surface area contributed by atoms with Gasteiger partial charge in [0.2, 0.25) is 10.0 Å². The Kier molecular flexibility index (Phi) is 3.31. The summed E-state index contributed by atoms with van der Waals surface area (Å²) < 4.78 is 24.3. The predicted molar refractivity (Wildman–Crippen MR) is 58.3 cm³/mol. The van der Waals surface area contributed by atoms with Crippen LogP contribution in [0, 0.1) is 0 Å². The maximum absolute atomic E-state index is 11.4. The number of amides is 1. The van der Waals surface area contributed by atoms with E-state index in [1.54, 1.807) is 18.2 Å². The number of sulfonamides is 1. The molecule has 6 heteroatoms. The highest BCUT2D eigenvalue weighted by atomic mass is 32.2. The van der Waals surface area contributed by atoms with Crippen LogP contribution in [-0.4, -0.2) is 27.6 Å². The van der Waals surface area contributed by atoms with Crippen molar-refractivity contribution in [3.8, 4) is 0 Å². The highest BCUT2D eigenvalue weighted by molar-refractivity contribution is 7.92. The SMILES string of the molecule is CNC(=O)c1ccccc1NS(C)(=O)=O. The second kappa shape index (κ2) is 4.31. The maximum Gasteiger partial charge on any atom is 0.253 e. The third-order valence-corrected chi connectivity index (χ3v) is 2.28. The third-order valence-electron chi connectivity index (χ3n) is 1.69. The monoisotopic (exact) mass is 228 g/mol. The third kappa shape index (κ3) is 3.25. The lowest BCUT2D eigenvalue weighted by atomic mass is 10.2. The Morgan fingerprint density at radius 3 is 2.40 bits per heavy atom. The number of rotatable bonds is 3. The van der Waals surface area contributed by atoms with Crippen LogP contribution in [0.25, 0.3) is 0 Å². The Bertz CT molecular complexity index is 468. The zero-order valence-corrected chi connectivity index (χ0v) is 9.26. The predicted octanol–water partition coefficient (Wildman–Crippen LogP) is 0.418. The summed E-state index contributed by atoms with van der Waals surface area (Å²) in [6.45, 7) is 0. The second-order valence-corrected chi connectivity index (χ2v) is 4.75. The van der Waals surface area contributed by atoms with E-state index in [0.29, 0.717) is 5.56 Å². The zero-order valence-electron chi connectivity index (χ0n) is 8.44. The van der Waals surface area contributed by atoms with E-state index in [1.807, 2.05) is 0 Å². The summed E-state index contributed by atoms with van der Waals surface area (Å²) in [6.07, 6.45) is 1.04. The molecule has 82 valence electrons. The molecule has 0 heterocycles. The van der Waals surface area contributed by atoms with Gasteiger partial charge in [-0.3, -0.25) is 9.52 Å². The molecular formula is C9H12N2O3S. The molecule has 2 N–H and O–H groups in total. The number of hydrogen-bond donors (Lipinski definition) is 2. The van der Waals surface area contributed by atoms with Gasteiger partial charge in [-0.25, -0.2) is 8.42 Å². The van der Waals surface area contributed by atoms with E-state index in [-0.39, 0.29) is 11.6 Å². The molecule has 1 rings (SSSR count). The summed E-state index contributed by atoms with van der Waals surface area (Å²) >= 11 is 0. The Morgan fingerprint density at radius 1 is 1.27 bits per heavy atom. The average molecular weight is 228 g/mol. The lowest BCUT2D eigenvalue weighted by Crippen LogP contribution is -2.21. The molecule has 5 nitrogen and oxygen atoms in total. The van der Waals surface area contributed by atoms with Crippen molar-refractivity contribution in [3.05, 3.63) is 29.8 Å². The molecule has 0 unspecified atom stereocenters. The molecule has 0 fully saturated rings. The normalized spacial score (nSPS) is 10.8. The minimum absolute atomic E-state index is 0.277. The van der Waals surface area contributed by atoms with Crippen molar-refractivity contribution in [1.29, 1.82) is 0 Å². The molecule has 0 aliphatic heterocycles. The highest BCUT2D eigenvalue weighted by Gasteiger charge is 2.11. The van der Waals surface area contributed by atoms with E-state index >= 15 is 0 Å². The first kappa shape index (κ1) is 11.5. The van der Waals surface area contributed by atoms with Gasteiger partial charge in [0.1, 0.15) is 0 Å². The molecule has 0 atom stereocenters. The van der Waals surface area contributed by atoms with Gasteiger partial charge in [0, 0.05) is 7.05 Å². The van der Waals surface area contributed by atoms with Crippen LogP contribution in [0.4, 0.5) is 5.69 Å². The van der Waals surface area contributed by atoms with Crippen LogP contribution < -0.4 is 10.0 Å². The highest BCUT2D eigenvalue weighted by Crippen LogP contribution is 2.15. The number of benzene rings is 1. The van der Waals surface area contributed by atoms with Crippen molar-refractivity contribution >= 4 is 21.6 Å². The van der Waals surface area contributed by atoms with E-state index in [0.717, 1.165) is 6.26 Å². The summed E-state index contributed by atoms with van der Waals surface area (Å²) in [4.78, 5) is 11.4. The minimum Gasteiger partial charge on any atom is -0.355 e. The van der Waals surface area contributed by atoms with Gasteiger partial charge in [0.05, 0.1) is 17.5 Å². The van der Waals surface area contributed by atoms with Crippen LogP contribution in [0.1, 0.15) is 10.4 Å². The molecule has 0 radical (unpaired) electrons. The molecule has 1 aromatic rings. The fraction of sp³-hybridized carbons (Fsp3) is 0.222. The molecule has 0 aliphatic rings. The molecule has 0 spiro atoms. The fourth-order valence-corrected chi connectivity index (χ4v) is 1.68. The van der Waals surface area contributed by atoms with Crippen LogP contribution in [0.15, 0.2) is 24.3 Å². The molecule has 0 bridgehead atoms. The van der Waals surface area contributed by atoms with Gasteiger partial charge in [0.15, 0.2) is 0 Å². The summed E-state index contributed by atoms with van der Waals surface area (Å²) in [7, 11) is -1.89. The number of para-hydroxylation sites is 1. The largest absolute Gasteiger partial charge is 0.355 e. The van der Waals surface area contributed by atoms with E-state index in [4.69, 9.17) is 0 Å². The molecular weight excluding hydrogens is 216 g/mol. The molecule has 15 heavy (non-hydrogen) atoms. The van der Waals surface area contributed by atoms with Crippen molar-refractivity contribution in [2.45, 2.75) is 0 Å². The minimum atomic E-state index is -3.37. The van der Waals surface area contributed by atoms with Gasteiger partial charge in [-0.2, -0.15) is 0 Å². The van der Waals surface area contributed by atoms with E-state index in [1.165, 1.54) is 13.1 Å². The van der Waals surface area contributed by atoms with Crippen LogP contribution in [0.5, 0.6) is 0 Å². The summed E-state index contributed by atoms with van der Waals surface area (Å²) in [6, 6.07) is 6.40. The fourth-order valence-electron chi connectivity index (χ4n) is 1.10. The topological polar surface area (TPSA) is 75.3 Å². The van der Waals surface area contributed by atoms with Crippen molar-refractivity contribution in [2.75, 3.05) is 18.0 Å². The first-order chi connectivity index (χ1) is 6.94. The molecule has 1 amide bonds. The van der Waals surface area contributed by atoms with Crippen molar-refractivity contribution in [1.82, 2.24) is 5.32 Å². The Balaban J connectivity index is 3.13. The Hall–Kier alpha value is -1.56. The quantitative estimate of drug-likeness (QED) is 0.787. The molecule has 1 aromatic carbocycles. The van der Waals surface area contributed by atoms with Crippen molar-refractivity contribution < 1.29 is 13.2 Å². The molecule has 0 aromatic heterocycles. The summed E-state index contributed by atoms with van der Waals surface area (Å²) in [5, 5.41) is 2.43. The second-order valence-electron chi connectivity index (χ2n) is 3.00. The van der Waals surface area contributed by atoms with E-state index < -0.39 is 10.0 Å². The first-order valence-corrected chi connectivity index (χ1v) is 6.12. The number of carbonyl (C=O) groups is 1. The number of hydrogen-bond acceptors (Lipinski definition) is 3. The van der Waals surface area contributed by atoms with E-state index in [9.17, 15) is 13.2 Å². The molecule has 0 aliphatic carbocycles. The van der Waals surface area contributed by atoms with E-state index in [2.05, 4.69) is 10.0 Å². The number of carbonyl (C=O) groups excluding carboxylic acids is 1. The van der Waals surface area contributed by atoms with Gasteiger partial charge in [-0.05, 0) is 12.1 Å². The van der Waals surface area contributed by atoms with Gasteiger partial charge >= 0.3 is 0 Å². The van der Waals surface area contributed by atoms with Gasteiger partial charge in [-0.1, -0.05) is 12.1 Å². The standard InChI is InChI=1S/C9H12N2O3S/c1-10-9(12)7-5-3-4-6-8(7)11-15(2,13)14/h3-6,11H,1-2H3,(H,10,12). The maximum atomic E-state index is 11.4. The van der Waals surface area contributed by atoms with Crippen LogP contribution >= 0.6 is 0 Å². The van der Waals surface area contributed by atoms with Crippen LogP contribution in [0.3, 0.4) is 0 Å². The smallest absolute Gasteiger partial charge is 0.253 e. The average Bonchev–Trinajstić information content (AvgIpc) is 2.15. The number of anilines is 1. The van der Waals surface area contributed by atoms with Gasteiger partial charge < -0.3 is 5.32 Å². The first-order valence-electron chi connectivity index (χ1n) is 4.23. The molecule has 0 saturated heterocycles. The lowest BCUT2D eigenvalue weighted by molar-refractivity contribution is 0.0964. The van der Waals surface area contributed by atoms with Crippen LogP contribution in [0.2, 0.25) is 0 Å². The Labute approximate surface area is 88.5 Å². The molecule has 0 saturated carbocycles. The Morgan fingerprint density at radius 2 is 1.87 bits per heavy atom. The van der Waals surface area contributed by atoms with Crippen molar-refractivity contribution in [3.63, 3.8) is 0 Å². The van der Waals surface area contributed by atoms with Gasteiger partial charge in [-0.15, -0.1) is 0 Å². The van der Waals surface area contributed by atoms with Crippen molar-refractivity contribution in [2.24, 2.45) is 0 Å². The summed E-state index contributed by atoms with van der Waals surface area (Å²) in [5.41, 5.74) is 0.574. The summed E-state index contributed by atoms with van der Waals surface area (Å²) in [5.74, 6) is -0.332. The zero-order chi connectivity index (χ0) is 11.5. The van der Waals surface area contributed by atoms with Crippen LogP contribution in [-0.2, 0) is 10.0 Å². The van der Waals surface area contributed by atoms with Gasteiger partial charge in [0.25, 0.3) is 5.91 Å².